The van der Waals surface area contributed by atoms with Gasteiger partial charge in [-0.3, -0.25) is 4.98 Å². The smallest absolute Gasteiger partial charge is 0.389 e. The van der Waals surface area contributed by atoms with Gasteiger partial charge in [0.25, 0.3) is 0 Å². The number of nitrogens with one attached hydrogen (secondary N) is 1. The fraction of sp³-hybridized carbons (Fsp3) is 0.636. The molecular weight excluding hydrogens is 277 g/mol. The summed E-state index contributed by atoms with van der Waals surface area (Å²) in [5.74, 6) is -0.0141. The van der Waals surface area contributed by atoms with Gasteiger partial charge in [-0.1, -0.05) is 0 Å². The van der Waals surface area contributed by atoms with Crippen LogP contribution in [0.4, 0.5) is 19.0 Å². The summed E-state index contributed by atoms with van der Waals surface area (Å²) in [7, 11) is 1.50. The average molecular weight is 292 g/mol. The number of hydrogen-bond acceptors (Lipinski definition) is 6. The molecule has 0 aliphatic carbocycles. The van der Waals surface area contributed by atoms with Crippen molar-refractivity contribution in [3.63, 3.8) is 0 Å². The number of aliphatic hydroxyl groups excluding tert-OH is 2. The van der Waals surface area contributed by atoms with Crippen LogP contribution in [-0.4, -0.2) is 58.6 Å². The Bertz CT molecular complexity index is 471. The number of aliphatic hydroxyl groups is 2. The fourth-order valence-corrected chi connectivity index (χ4v) is 2.08. The van der Waals surface area contributed by atoms with E-state index in [2.05, 4.69) is 15.3 Å². The predicted octanol–water partition coefficient (Wildman–Crippen LogP) is -0.375. The highest BCUT2D eigenvalue weighted by molar-refractivity contribution is 5.38. The number of β-amino-alcohol motifs (C(OH)–C–C–N with tert-alkyl or cyclic N) is 1. The molecule has 9 heteroatoms. The maximum absolute atomic E-state index is 12.6. The second kappa shape index (κ2) is 5.51. The molecule has 0 saturated carbocycles. The van der Waals surface area contributed by atoms with E-state index in [1.54, 1.807) is 0 Å². The number of alkyl halides is 3. The maximum atomic E-state index is 12.6. The lowest BCUT2D eigenvalue weighted by Gasteiger charge is -2.38. The molecule has 0 amide bonds. The zero-order chi connectivity index (χ0) is 14.9. The molecule has 1 aliphatic heterocycles. The first-order chi connectivity index (χ1) is 9.30. The molecule has 6 nitrogen and oxygen atoms in total. The van der Waals surface area contributed by atoms with Crippen LogP contribution in [0, 0.1) is 0 Å². The highest BCUT2D eigenvalue weighted by Gasteiger charge is 2.36. The van der Waals surface area contributed by atoms with Gasteiger partial charge in [0, 0.05) is 20.1 Å². The molecule has 0 unspecified atom stereocenters. The van der Waals surface area contributed by atoms with Crippen LogP contribution >= 0.6 is 0 Å². The summed E-state index contributed by atoms with van der Waals surface area (Å²) < 4.78 is 37.8. The minimum Gasteiger partial charge on any atom is -0.389 e. The van der Waals surface area contributed by atoms with Gasteiger partial charge in [-0.2, -0.15) is 13.2 Å². The molecule has 0 radical (unpaired) electrons. The highest BCUT2D eigenvalue weighted by atomic mass is 19.4. The van der Waals surface area contributed by atoms with E-state index >= 15 is 0 Å². The van der Waals surface area contributed by atoms with E-state index in [0.717, 1.165) is 0 Å². The zero-order valence-corrected chi connectivity index (χ0v) is 10.7. The topological polar surface area (TPSA) is 81.5 Å². The Labute approximate surface area is 113 Å². The number of hydrogen-bond donors (Lipinski definition) is 3. The van der Waals surface area contributed by atoms with E-state index in [0.29, 0.717) is 12.7 Å². The van der Waals surface area contributed by atoms with Crippen LogP contribution in [-0.2, 0) is 6.18 Å². The molecule has 2 heterocycles. The normalized spacial score (nSPS) is 27.4. The molecule has 20 heavy (non-hydrogen) atoms. The number of aromatic nitrogens is 2. The molecule has 1 aliphatic rings. The van der Waals surface area contributed by atoms with E-state index in [1.807, 2.05) is 0 Å². The van der Waals surface area contributed by atoms with Crippen LogP contribution < -0.4 is 10.2 Å². The Hall–Kier alpha value is -1.45. The summed E-state index contributed by atoms with van der Waals surface area (Å²) in [6.45, 7) is 0.562. The number of piperidine rings is 1. The van der Waals surface area contributed by atoms with Gasteiger partial charge in [0.15, 0.2) is 5.69 Å². The highest BCUT2D eigenvalue weighted by Crippen LogP contribution is 2.28. The molecule has 112 valence electrons. The molecule has 3 N–H and O–H groups in total. The Kier molecular flexibility index (Phi) is 4.11. The number of nitrogens with zero attached hydrogens (tertiary/aromatic N) is 3. The standard InChI is InChI=1S/C11H15F3N4O2/c1-18(6-2-15-3-7(19)10(6)20)9-5-16-4-8(17-9)11(12,13)14/h4-7,10,15,19-20H,2-3H2,1H3/t6-,7-,10+/m0/s1. The van der Waals surface area contributed by atoms with Crippen molar-refractivity contribution in [3.8, 4) is 0 Å². The molecule has 1 aromatic heterocycles. The molecule has 1 aromatic rings. The summed E-state index contributed by atoms with van der Waals surface area (Å²) in [4.78, 5) is 8.40. The van der Waals surface area contributed by atoms with E-state index in [1.165, 1.54) is 18.1 Å². The summed E-state index contributed by atoms with van der Waals surface area (Å²) >= 11 is 0. The van der Waals surface area contributed by atoms with E-state index in [-0.39, 0.29) is 12.4 Å². The quantitative estimate of drug-likeness (QED) is 0.690. The summed E-state index contributed by atoms with van der Waals surface area (Å²) in [6, 6.07) is -0.587. The van der Waals surface area contributed by atoms with Crippen molar-refractivity contribution >= 4 is 5.82 Å². The molecule has 1 fully saturated rings. The number of likely N-dealkylation sites (N-methyl/N-ethyl adjacent to an activating group) is 1. The van der Waals surface area contributed by atoms with E-state index in [9.17, 15) is 23.4 Å². The monoisotopic (exact) mass is 292 g/mol. The molecule has 0 spiro atoms. The predicted molar refractivity (Wildman–Crippen MR) is 64.1 cm³/mol. The lowest BCUT2D eigenvalue weighted by Crippen LogP contribution is -2.59. The molecule has 2 rings (SSSR count). The van der Waals surface area contributed by atoms with Crippen molar-refractivity contribution in [1.82, 2.24) is 15.3 Å². The van der Waals surface area contributed by atoms with Crippen LogP contribution in [0.3, 0.4) is 0 Å². The van der Waals surface area contributed by atoms with E-state index in [4.69, 9.17) is 0 Å². The van der Waals surface area contributed by atoms with Crippen LogP contribution in [0.1, 0.15) is 5.69 Å². The van der Waals surface area contributed by atoms with Gasteiger partial charge in [-0.15, -0.1) is 0 Å². The van der Waals surface area contributed by atoms with Crippen LogP contribution in [0.15, 0.2) is 12.4 Å². The Morgan fingerprint density at radius 1 is 1.30 bits per heavy atom. The van der Waals surface area contributed by atoms with Crippen LogP contribution in [0.25, 0.3) is 0 Å². The van der Waals surface area contributed by atoms with Gasteiger partial charge in [0.2, 0.25) is 0 Å². The SMILES string of the molecule is CN(c1cncc(C(F)(F)F)n1)[C@H]1CNC[C@H](O)[C@@H]1O. The number of anilines is 1. The maximum Gasteiger partial charge on any atom is 0.434 e. The van der Waals surface area contributed by atoms with Gasteiger partial charge in [-0.25, -0.2) is 4.98 Å². The van der Waals surface area contributed by atoms with Gasteiger partial charge in [0.05, 0.1) is 24.5 Å². The summed E-state index contributed by atoms with van der Waals surface area (Å²) in [5, 5.41) is 22.4. The van der Waals surface area contributed by atoms with Crippen molar-refractivity contribution in [2.45, 2.75) is 24.4 Å². The van der Waals surface area contributed by atoms with Crippen LogP contribution in [0.2, 0.25) is 0 Å². The second-order valence-electron chi connectivity index (χ2n) is 4.65. The van der Waals surface area contributed by atoms with Crippen molar-refractivity contribution in [3.05, 3.63) is 18.1 Å². The minimum absolute atomic E-state index is 0.0141. The molecule has 0 aromatic carbocycles. The molecular formula is C11H15F3N4O2. The first-order valence-corrected chi connectivity index (χ1v) is 5.99. The van der Waals surface area contributed by atoms with Crippen molar-refractivity contribution < 1.29 is 23.4 Å². The van der Waals surface area contributed by atoms with Crippen LogP contribution in [0.5, 0.6) is 0 Å². The summed E-state index contributed by atoms with van der Waals surface area (Å²) in [6.07, 6.45) is -4.80. The van der Waals surface area contributed by atoms with Crippen molar-refractivity contribution in [2.24, 2.45) is 0 Å². The first-order valence-electron chi connectivity index (χ1n) is 5.99. The number of rotatable bonds is 2. The fourth-order valence-electron chi connectivity index (χ4n) is 2.08. The molecule has 0 bridgehead atoms. The van der Waals surface area contributed by atoms with E-state index < -0.39 is 30.1 Å². The van der Waals surface area contributed by atoms with Gasteiger partial charge in [0.1, 0.15) is 11.9 Å². The molecule has 3 atom stereocenters. The van der Waals surface area contributed by atoms with Gasteiger partial charge < -0.3 is 20.4 Å². The zero-order valence-electron chi connectivity index (χ0n) is 10.7. The van der Waals surface area contributed by atoms with Crippen molar-refractivity contribution in [1.29, 1.82) is 0 Å². The second-order valence-corrected chi connectivity index (χ2v) is 4.65. The Morgan fingerprint density at radius 3 is 2.65 bits per heavy atom. The number of halogens is 3. The first kappa shape index (κ1) is 14.9. The van der Waals surface area contributed by atoms with Gasteiger partial charge >= 0.3 is 6.18 Å². The van der Waals surface area contributed by atoms with Gasteiger partial charge in [-0.05, 0) is 0 Å². The average Bonchev–Trinajstić information content (AvgIpc) is 2.40. The Balaban J connectivity index is 2.22. The minimum atomic E-state index is -4.58. The third-order valence-corrected chi connectivity index (χ3v) is 3.27. The third-order valence-electron chi connectivity index (χ3n) is 3.27. The Morgan fingerprint density at radius 2 is 2.00 bits per heavy atom. The largest absolute Gasteiger partial charge is 0.434 e. The lowest BCUT2D eigenvalue weighted by molar-refractivity contribution is -0.141. The lowest BCUT2D eigenvalue weighted by atomic mass is 10.00. The van der Waals surface area contributed by atoms with Crippen molar-refractivity contribution in [2.75, 3.05) is 25.0 Å². The third kappa shape index (κ3) is 3.00. The molecule has 1 saturated heterocycles. The summed E-state index contributed by atoms with van der Waals surface area (Å²) in [5.41, 5.74) is -1.10.